The molecular weight excluding hydrogens is 318 g/mol. The molecule has 0 aliphatic rings. The summed E-state index contributed by atoms with van der Waals surface area (Å²) in [6.45, 7) is 7.86. The first-order valence-electron chi connectivity index (χ1n) is 5.77. The van der Waals surface area contributed by atoms with Crippen molar-refractivity contribution in [3.05, 3.63) is 11.4 Å². The van der Waals surface area contributed by atoms with E-state index in [1.165, 1.54) is 0 Å². The number of aromatic amines is 1. The zero-order valence-corrected chi connectivity index (χ0v) is 13.6. The zero-order valence-electron chi connectivity index (χ0n) is 11.2. The number of hydrogen-bond donors (Lipinski definition) is 2. The van der Waals surface area contributed by atoms with E-state index in [0.29, 0.717) is 17.9 Å². The van der Waals surface area contributed by atoms with Crippen molar-refractivity contribution in [2.24, 2.45) is 5.41 Å². The molecule has 2 N–H and O–H groups in total. The molecule has 0 atom stereocenters. The fourth-order valence-electron chi connectivity index (χ4n) is 1.64. The van der Waals surface area contributed by atoms with Gasteiger partial charge in [-0.2, -0.15) is 5.10 Å². The molecule has 0 aromatic carbocycles. The van der Waals surface area contributed by atoms with Crippen LogP contribution in [0.1, 0.15) is 31.7 Å². The third-order valence-corrected chi connectivity index (χ3v) is 4.90. The number of hydrogen-bond acceptors (Lipinski definition) is 3. The predicted octanol–water partition coefficient (Wildman–Crippen LogP) is 2.12. The first-order valence-corrected chi connectivity index (χ1v) is 8.37. The van der Waals surface area contributed by atoms with Gasteiger partial charge in [0, 0.05) is 11.9 Å². The largest absolute Gasteiger partial charge is 0.281 e. The van der Waals surface area contributed by atoms with Gasteiger partial charge in [0.05, 0.1) is 11.4 Å². The minimum absolute atomic E-state index is 0.0812. The van der Waals surface area contributed by atoms with Gasteiger partial charge in [-0.05, 0) is 25.7 Å². The second kappa shape index (κ2) is 5.71. The Morgan fingerprint density at radius 1 is 1.39 bits per heavy atom. The van der Waals surface area contributed by atoms with Crippen LogP contribution in [0, 0.1) is 19.3 Å². The minimum Gasteiger partial charge on any atom is -0.281 e. The summed E-state index contributed by atoms with van der Waals surface area (Å²) in [4.78, 5) is 0.261. The molecule has 0 aliphatic carbocycles. The van der Waals surface area contributed by atoms with Crippen LogP contribution in [0.2, 0.25) is 0 Å². The van der Waals surface area contributed by atoms with Gasteiger partial charge in [-0.15, -0.1) is 0 Å². The van der Waals surface area contributed by atoms with E-state index in [4.69, 9.17) is 0 Å². The van der Waals surface area contributed by atoms with E-state index >= 15 is 0 Å². The molecule has 1 aromatic rings. The molecule has 0 radical (unpaired) electrons. The van der Waals surface area contributed by atoms with Crippen molar-refractivity contribution in [1.29, 1.82) is 0 Å². The molecule has 5 nitrogen and oxygen atoms in total. The maximum absolute atomic E-state index is 12.2. The second-order valence-electron chi connectivity index (χ2n) is 5.19. The van der Waals surface area contributed by atoms with Crippen LogP contribution in [0.15, 0.2) is 4.90 Å². The molecule has 104 valence electrons. The average molecular weight is 338 g/mol. The molecule has 0 spiro atoms. The van der Waals surface area contributed by atoms with Gasteiger partial charge in [-0.25, -0.2) is 13.1 Å². The summed E-state index contributed by atoms with van der Waals surface area (Å²) < 4.78 is 27.1. The standard InChI is InChI=1S/C11H20BrN3O2S/c1-8-10(9(2)15-14-8)18(16,17)13-7-11(3,4)5-6-12/h13H,5-7H2,1-4H3,(H,14,15). The van der Waals surface area contributed by atoms with Crippen molar-refractivity contribution in [1.82, 2.24) is 14.9 Å². The van der Waals surface area contributed by atoms with Crippen molar-refractivity contribution < 1.29 is 8.42 Å². The summed E-state index contributed by atoms with van der Waals surface area (Å²) in [6, 6.07) is 0. The highest BCUT2D eigenvalue weighted by molar-refractivity contribution is 9.09. The lowest BCUT2D eigenvalue weighted by atomic mass is 9.91. The molecule has 0 amide bonds. The summed E-state index contributed by atoms with van der Waals surface area (Å²) in [7, 11) is -3.49. The maximum atomic E-state index is 12.2. The first kappa shape index (κ1) is 15.7. The Bertz CT molecular complexity index is 489. The fourth-order valence-corrected chi connectivity index (χ4v) is 4.33. The number of nitrogens with zero attached hydrogens (tertiary/aromatic N) is 1. The smallest absolute Gasteiger partial charge is 0.244 e. The molecule has 18 heavy (non-hydrogen) atoms. The normalized spacial score (nSPS) is 12.9. The number of aryl methyl sites for hydroxylation is 2. The van der Waals surface area contributed by atoms with E-state index in [-0.39, 0.29) is 10.3 Å². The fraction of sp³-hybridized carbons (Fsp3) is 0.727. The van der Waals surface area contributed by atoms with E-state index in [2.05, 4.69) is 30.8 Å². The van der Waals surface area contributed by atoms with E-state index < -0.39 is 10.0 Å². The van der Waals surface area contributed by atoms with Crippen molar-refractivity contribution >= 4 is 26.0 Å². The number of aromatic nitrogens is 2. The number of rotatable bonds is 6. The van der Waals surface area contributed by atoms with E-state index in [0.717, 1.165) is 11.8 Å². The Morgan fingerprint density at radius 2 is 2.00 bits per heavy atom. The quantitative estimate of drug-likeness (QED) is 0.780. The SMILES string of the molecule is Cc1n[nH]c(C)c1S(=O)(=O)NCC(C)(C)CCBr. The Labute approximate surface area is 117 Å². The minimum atomic E-state index is -3.49. The highest BCUT2D eigenvalue weighted by atomic mass is 79.9. The molecule has 0 bridgehead atoms. The number of alkyl halides is 1. The number of nitrogens with one attached hydrogen (secondary N) is 2. The van der Waals surface area contributed by atoms with Crippen molar-refractivity contribution in [2.45, 2.75) is 39.0 Å². The van der Waals surface area contributed by atoms with Crippen LogP contribution >= 0.6 is 15.9 Å². The van der Waals surface area contributed by atoms with Crippen LogP contribution in [-0.2, 0) is 10.0 Å². The van der Waals surface area contributed by atoms with Gasteiger partial charge >= 0.3 is 0 Å². The Balaban J connectivity index is 2.84. The first-order chi connectivity index (χ1) is 8.19. The Kier molecular flexibility index (Phi) is 4.97. The summed E-state index contributed by atoms with van der Waals surface area (Å²) in [5, 5.41) is 7.45. The topological polar surface area (TPSA) is 74.8 Å². The summed E-state index contributed by atoms with van der Waals surface area (Å²) in [6.07, 6.45) is 0.902. The van der Waals surface area contributed by atoms with Crippen LogP contribution in [0.5, 0.6) is 0 Å². The highest BCUT2D eigenvalue weighted by Gasteiger charge is 2.25. The molecule has 1 aromatic heterocycles. The van der Waals surface area contributed by atoms with Crippen LogP contribution in [0.25, 0.3) is 0 Å². The molecule has 1 heterocycles. The van der Waals surface area contributed by atoms with Crippen molar-refractivity contribution in [2.75, 3.05) is 11.9 Å². The molecule has 0 aliphatic heterocycles. The lowest BCUT2D eigenvalue weighted by Crippen LogP contribution is -2.34. The molecule has 0 saturated heterocycles. The van der Waals surface area contributed by atoms with Crippen LogP contribution < -0.4 is 4.72 Å². The molecule has 0 saturated carbocycles. The van der Waals surface area contributed by atoms with Gasteiger partial charge < -0.3 is 0 Å². The molecule has 1 rings (SSSR count). The van der Waals surface area contributed by atoms with Gasteiger partial charge in [0.15, 0.2) is 0 Å². The van der Waals surface area contributed by atoms with Gasteiger partial charge in [0.25, 0.3) is 0 Å². The lowest BCUT2D eigenvalue weighted by molar-refractivity contribution is 0.354. The Hall–Kier alpha value is -0.400. The maximum Gasteiger partial charge on any atom is 0.244 e. The molecule has 0 unspecified atom stereocenters. The predicted molar refractivity (Wildman–Crippen MR) is 75.4 cm³/mol. The summed E-state index contributed by atoms with van der Waals surface area (Å²) in [5.41, 5.74) is 0.985. The lowest BCUT2D eigenvalue weighted by Gasteiger charge is -2.23. The van der Waals surface area contributed by atoms with Gasteiger partial charge in [-0.3, -0.25) is 5.10 Å². The number of sulfonamides is 1. The number of H-pyrrole nitrogens is 1. The summed E-state index contributed by atoms with van der Waals surface area (Å²) >= 11 is 3.38. The third kappa shape index (κ3) is 3.80. The van der Waals surface area contributed by atoms with E-state index in [1.807, 2.05) is 13.8 Å². The number of halogens is 1. The van der Waals surface area contributed by atoms with Crippen LogP contribution in [0.4, 0.5) is 0 Å². The van der Waals surface area contributed by atoms with Gasteiger partial charge in [0.2, 0.25) is 10.0 Å². The molecule has 0 fully saturated rings. The van der Waals surface area contributed by atoms with Crippen molar-refractivity contribution in [3.8, 4) is 0 Å². The highest BCUT2D eigenvalue weighted by Crippen LogP contribution is 2.22. The Morgan fingerprint density at radius 3 is 2.44 bits per heavy atom. The zero-order chi connectivity index (χ0) is 14.0. The molecule has 7 heteroatoms. The summed E-state index contributed by atoms with van der Waals surface area (Å²) in [5.74, 6) is 0. The third-order valence-electron chi connectivity index (χ3n) is 2.84. The second-order valence-corrected chi connectivity index (χ2v) is 7.69. The van der Waals surface area contributed by atoms with Gasteiger partial charge in [0.1, 0.15) is 4.90 Å². The van der Waals surface area contributed by atoms with Crippen LogP contribution in [-0.4, -0.2) is 30.5 Å². The van der Waals surface area contributed by atoms with Crippen molar-refractivity contribution in [3.63, 3.8) is 0 Å². The van der Waals surface area contributed by atoms with Crippen LogP contribution in [0.3, 0.4) is 0 Å². The van der Waals surface area contributed by atoms with E-state index in [9.17, 15) is 8.42 Å². The molecular formula is C11H20BrN3O2S. The monoisotopic (exact) mass is 337 g/mol. The van der Waals surface area contributed by atoms with E-state index in [1.54, 1.807) is 13.8 Å². The average Bonchev–Trinajstić information content (AvgIpc) is 2.56. The van der Waals surface area contributed by atoms with Gasteiger partial charge in [-0.1, -0.05) is 29.8 Å².